The lowest BCUT2D eigenvalue weighted by molar-refractivity contribution is -0.138. The largest absolute Gasteiger partial charge is 0.334 e. The fourth-order valence-corrected chi connectivity index (χ4v) is 3.20. The van der Waals surface area contributed by atoms with E-state index < -0.39 is 0 Å². The average Bonchev–Trinajstić information content (AvgIpc) is 2.85. The van der Waals surface area contributed by atoms with Crippen LogP contribution >= 0.6 is 11.3 Å². The maximum atomic E-state index is 12.3. The van der Waals surface area contributed by atoms with E-state index in [9.17, 15) is 4.79 Å². The van der Waals surface area contributed by atoms with Gasteiger partial charge in [0.05, 0.1) is 12.1 Å². The number of piperidine rings is 1. The maximum Gasteiger partial charge on any atom is 0.240 e. The second kappa shape index (κ2) is 5.65. The van der Waals surface area contributed by atoms with Gasteiger partial charge in [0.15, 0.2) is 0 Å². The molecule has 1 aromatic heterocycles. The van der Waals surface area contributed by atoms with Crippen molar-refractivity contribution in [3.63, 3.8) is 0 Å². The Morgan fingerprint density at radius 2 is 2.47 bits per heavy atom. The van der Waals surface area contributed by atoms with E-state index in [0.717, 1.165) is 25.9 Å². The zero-order valence-electron chi connectivity index (χ0n) is 10.5. The molecule has 94 valence electrons. The third-order valence-corrected chi connectivity index (χ3v) is 4.39. The molecule has 0 aromatic carbocycles. The van der Waals surface area contributed by atoms with Crippen molar-refractivity contribution < 1.29 is 4.79 Å². The number of likely N-dealkylation sites (tertiary alicyclic amines) is 1. The van der Waals surface area contributed by atoms with Gasteiger partial charge in [-0.15, -0.1) is 11.3 Å². The summed E-state index contributed by atoms with van der Waals surface area (Å²) in [7, 11) is 0. The van der Waals surface area contributed by atoms with Crippen LogP contribution in [0.4, 0.5) is 0 Å². The first-order chi connectivity index (χ1) is 8.24. The van der Waals surface area contributed by atoms with Gasteiger partial charge >= 0.3 is 0 Å². The maximum absolute atomic E-state index is 12.3. The number of carbonyl (C=O) groups is 1. The van der Waals surface area contributed by atoms with Crippen LogP contribution in [0, 0.1) is 0 Å². The van der Waals surface area contributed by atoms with Gasteiger partial charge in [0, 0.05) is 11.4 Å². The molecule has 1 aromatic rings. The van der Waals surface area contributed by atoms with Gasteiger partial charge in [0.2, 0.25) is 5.91 Å². The quantitative estimate of drug-likeness (QED) is 0.892. The van der Waals surface area contributed by atoms with Crippen LogP contribution in [-0.2, 0) is 4.79 Å². The standard InChI is InChI=1S/C13H20N2OS/c1-3-14-11-6-4-8-15(13(11)16)10(2)12-7-5-9-17-12/h5,7,9-11,14H,3-4,6,8H2,1-2H3. The summed E-state index contributed by atoms with van der Waals surface area (Å²) >= 11 is 1.73. The summed E-state index contributed by atoms with van der Waals surface area (Å²) in [4.78, 5) is 15.6. The topological polar surface area (TPSA) is 32.3 Å². The molecule has 2 rings (SSSR count). The van der Waals surface area contributed by atoms with E-state index in [2.05, 4.69) is 30.6 Å². The average molecular weight is 252 g/mol. The smallest absolute Gasteiger partial charge is 0.240 e. The van der Waals surface area contributed by atoms with Crippen LogP contribution in [-0.4, -0.2) is 29.9 Å². The lowest BCUT2D eigenvalue weighted by Crippen LogP contribution is -2.51. The van der Waals surface area contributed by atoms with Crippen LogP contribution in [0.3, 0.4) is 0 Å². The summed E-state index contributed by atoms with van der Waals surface area (Å²) in [6.07, 6.45) is 2.07. The van der Waals surface area contributed by atoms with Crippen LogP contribution < -0.4 is 5.32 Å². The van der Waals surface area contributed by atoms with Gasteiger partial charge in [0.1, 0.15) is 0 Å². The fraction of sp³-hybridized carbons (Fsp3) is 0.615. The molecular formula is C13H20N2OS. The number of amides is 1. The van der Waals surface area contributed by atoms with E-state index in [1.54, 1.807) is 11.3 Å². The van der Waals surface area contributed by atoms with Crippen LogP contribution in [0.15, 0.2) is 17.5 Å². The number of hydrogen-bond acceptors (Lipinski definition) is 3. The molecule has 1 aliphatic heterocycles. The van der Waals surface area contributed by atoms with Crippen LogP contribution in [0.25, 0.3) is 0 Å². The molecule has 0 aliphatic carbocycles. The van der Waals surface area contributed by atoms with E-state index >= 15 is 0 Å². The predicted molar refractivity (Wildman–Crippen MR) is 71.1 cm³/mol. The fourth-order valence-electron chi connectivity index (χ4n) is 2.40. The first-order valence-corrected chi connectivity index (χ1v) is 7.19. The molecule has 17 heavy (non-hydrogen) atoms. The first-order valence-electron chi connectivity index (χ1n) is 6.31. The number of nitrogens with one attached hydrogen (secondary N) is 1. The lowest BCUT2D eigenvalue weighted by Gasteiger charge is -2.36. The van der Waals surface area contributed by atoms with Gasteiger partial charge in [0.25, 0.3) is 0 Å². The third kappa shape index (κ3) is 2.69. The molecule has 1 saturated heterocycles. The highest BCUT2D eigenvalue weighted by molar-refractivity contribution is 7.10. The molecule has 0 radical (unpaired) electrons. The van der Waals surface area contributed by atoms with Crippen molar-refractivity contribution in [2.45, 2.75) is 38.8 Å². The number of rotatable bonds is 4. The summed E-state index contributed by atoms with van der Waals surface area (Å²) < 4.78 is 0. The van der Waals surface area contributed by atoms with E-state index in [0.29, 0.717) is 0 Å². The van der Waals surface area contributed by atoms with Crippen LogP contribution in [0.1, 0.15) is 37.6 Å². The summed E-state index contributed by atoms with van der Waals surface area (Å²) in [6.45, 7) is 5.92. The number of nitrogens with zero attached hydrogens (tertiary/aromatic N) is 1. The number of likely N-dealkylation sites (N-methyl/N-ethyl adjacent to an activating group) is 1. The Kier molecular flexibility index (Phi) is 4.18. The summed E-state index contributed by atoms with van der Waals surface area (Å²) in [5, 5.41) is 5.35. The molecule has 0 saturated carbocycles. The van der Waals surface area contributed by atoms with Crippen LogP contribution in [0.2, 0.25) is 0 Å². The highest BCUT2D eigenvalue weighted by atomic mass is 32.1. The van der Waals surface area contributed by atoms with E-state index in [1.807, 2.05) is 11.0 Å². The normalized spacial score (nSPS) is 22.8. The van der Waals surface area contributed by atoms with Crippen molar-refractivity contribution in [2.24, 2.45) is 0 Å². The second-order valence-electron chi connectivity index (χ2n) is 4.48. The Morgan fingerprint density at radius 1 is 1.65 bits per heavy atom. The summed E-state index contributed by atoms with van der Waals surface area (Å²) in [5.41, 5.74) is 0. The molecule has 1 amide bonds. The zero-order chi connectivity index (χ0) is 12.3. The molecule has 0 bridgehead atoms. The van der Waals surface area contributed by atoms with Gasteiger partial charge in [-0.25, -0.2) is 0 Å². The van der Waals surface area contributed by atoms with Gasteiger partial charge in [-0.1, -0.05) is 13.0 Å². The van der Waals surface area contributed by atoms with Gasteiger partial charge in [-0.05, 0) is 37.8 Å². The highest BCUT2D eigenvalue weighted by Gasteiger charge is 2.31. The summed E-state index contributed by atoms with van der Waals surface area (Å²) in [6, 6.07) is 4.40. The summed E-state index contributed by atoms with van der Waals surface area (Å²) in [5.74, 6) is 0.263. The van der Waals surface area contributed by atoms with Crippen molar-refractivity contribution in [3.8, 4) is 0 Å². The van der Waals surface area contributed by atoms with Crippen molar-refractivity contribution in [2.75, 3.05) is 13.1 Å². The van der Waals surface area contributed by atoms with Crippen molar-refractivity contribution in [3.05, 3.63) is 22.4 Å². The SMILES string of the molecule is CCNC1CCCN(C(C)c2cccs2)C1=O. The molecule has 1 fully saturated rings. The first kappa shape index (κ1) is 12.6. The van der Waals surface area contributed by atoms with Crippen molar-refractivity contribution in [1.29, 1.82) is 0 Å². The van der Waals surface area contributed by atoms with E-state index in [-0.39, 0.29) is 18.0 Å². The number of thiophene rings is 1. The van der Waals surface area contributed by atoms with Gasteiger partial charge < -0.3 is 10.2 Å². The molecule has 2 heterocycles. The molecule has 1 N–H and O–H groups in total. The Morgan fingerprint density at radius 3 is 3.12 bits per heavy atom. The Hall–Kier alpha value is -0.870. The Labute approximate surface area is 107 Å². The molecule has 3 nitrogen and oxygen atoms in total. The Balaban J connectivity index is 2.07. The van der Waals surface area contributed by atoms with Crippen LogP contribution in [0.5, 0.6) is 0 Å². The third-order valence-electron chi connectivity index (χ3n) is 3.35. The van der Waals surface area contributed by atoms with Crippen molar-refractivity contribution in [1.82, 2.24) is 10.2 Å². The number of carbonyl (C=O) groups excluding carboxylic acids is 1. The monoisotopic (exact) mass is 252 g/mol. The minimum Gasteiger partial charge on any atom is -0.334 e. The van der Waals surface area contributed by atoms with E-state index in [1.165, 1.54) is 4.88 Å². The minimum absolute atomic E-state index is 0.0242. The highest BCUT2D eigenvalue weighted by Crippen LogP contribution is 2.27. The lowest BCUT2D eigenvalue weighted by atomic mass is 10.0. The van der Waals surface area contributed by atoms with Gasteiger partial charge in [-0.2, -0.15) is 0 Å². The minimum atomic E-state index is 0.0242. The molecule has 2 unspecified atom stereocenters. The molecule has 4 heteroatoms. The molecule has 0 spiro atoms. The van der Waals surface area contributed by atoms with Crippen molar-refractivity contribution >= 4 is 17.2 Å². The zero-order valence-corrected chi connectivity index (χ0v) is 11.3. The van der Waals surface area contributed by atoms with E-state index in [4.69, 9.17) is 0 Å². The molecule has 2 atom stereocenters. The second-order valence-corrected chi connectivity index (χ2v) is 5.45. The Bertz CT molecular complexity index is 362. The molecular weight excluding hydrogens is 232 g/mol. The number of hydrogen-bond donors (Lipinski definition) is 1. The molecule has 1 aliphatic rings. The van der Waals surface area contributed by atoms with Gasteiger partial charge in [-0.3, -0.25) is 4.79 Å². The predicted octanol–water partition coefficient (Wildman–Crippen LogP) is 2.41.